The van der Waals surface area contributed by atoms with Crippen molar-refractivity contribution in [1.29, 1.82) is 0 Å². The average molecular weight is 245 g/mol. The number of hydrogen-bond donors (Lipinski definition) is 1. The molecule has 82 valence electrons. The quantitative estimate of drug-likeness (QED) is 0.867. The van der Waals surface area contributed by atoms with Crippen molar-refractivity contribution in [2.75, 3.05) is 11.9 Å². The molecule has 0 radical (unpaired) electrons. The van der Waals surface area contributed by atoms with Crippen LogP contribution in [-0.2, 0) is 0 Å². The summed E-state index contributed by atoms with van der Waals surface area (Å²) >= 11 is 11.7. The zero-order chi connectivity index (χ0) is 10.7. The Hall–Kier alpha value is -0.470. The molecule has 0 spiro atoms. The van der Waals surface area contributed by atoms with Gasteiger partial charge >= 0.3 is 0 Å². The summed E-state index contributed by atoms with van der Waals surface area (Å²) < 4.78 is 0. The maximum atomic E-state index is 5.98. The zero-order valence-electron chi connectivity index (χ0n) is 8.47. The fourth-order valence-electron chi connectivity index (χ4n) is 1.72. The molecule has 1 aliphatic carbocycles. The van der Waals surface area contributed by atoms with Crippen molar-refractivity contribution in [3.05, 3.63) is 22.3 Å². The smallest absolute Gasteiger partial charge is 0.144 e. The number of rotatable bonds is 4. The monoisotopic (exact) mass is 244 g/mol. The molecule has 1 aromatic heterocycles. The van der Waals surface area contributed by atoms with Crippen LogP contribution in [-0.4, -0.2) is 11.5 Å². The molecule has 2 nitrogen and oxygen atoms in total. The minimum absolute atomic E-state index is 0.574. The lowest BCUT2D eigenvalue weighted by Gasteiger charge is -2.25. The first-order valence-corrected chi connectivity index (χ1v) is 6.06. The first kappa shape index (κ1) is 11.0. The summed E-state index contributed by atoms with van der Waals surface area (Å²) in [6, 6.07) is 1.71. The van der Waals surface area contributed by atoms with E-state index in [-0.39, 0.29) is 0 Å². The van der Waals surface area contributed by atoms with E-state index < -0.39 is 0 Å². The largest absolute Gasteiger partial charge is 0.369 e. The van der Waals surface area contributed by atoms with Crippen molar-refractivity contribution in [2.24, 2.45) is 5.92 Å². The Morgan fingerprint density at radius 2 is 2.20 bits per heavy atom. The molecule has 0 aromatic carbocycles. The normalized spacial score (nSPS) is 16.1. The van der Waals surface area contributed by atoms with Crippen LogP contribution in [0.1, 0.15) is 25.7 Å². The van der Waals surface area contributed by atoms with E-state index in [2.05, 4.69) is 10.3 Å². The van der Waals surface area contributed by atoms with Crippen molar-refractivity contribution in [3.8, 4) is 0 Å². The van der Waals surface area contributed by atoms with Crippen LogP contribution in [0.25, 0.3) is 0 Å². The fraction of sp³-hybridized carbons (Fsp3) is 0.545. The summed E-state index contributed by atoms with van der Waals surface area (Å²) in [4.78, 5) is 4.14. The Morgan fingerprint density at radius 1 is 1.40 bits per heavy atom. The predicted molar refractivity (Wildman–Crippen MR) is 64.7 cm³/mol. The van der Waals surface area contributed by atoms with Crippen LogP contribution < -0.4 is 5.32 Å². The van der Waals surface area contributed by atoms with E-state index >= 15 is 0 Å². The van der Waals surface area contributed by atoms with E-state index in [0.29, 0.717) is 10.0 Å². The second-order valence-electron chi connectivity index (χ2n) is 4.00. The summed E-state index contributed by atoms with van der Waals surface area (Å²) in [5.41, 5.74) is 0. The lowest BCUT2D eigenvalue weighted by molar-refractivity contribution is 0.303. The number of hydrogen-bond acceptors (Lipinski definition) is 2. The topological polar surface area (TPSA) is 24.9 Å². The van der Waals surface area contributed by atoms with Crippen molar-refractivity contribution >= 4 is 29.0 Å². The van der Waals surface area contributed by atoms with Gasteiger partial charge in [-0.1, -0.05) is 42.5 Å². The van der Waals surface area contributed by atoms with Crippen molar-refractivity contribution in [3.63, 3.8) is 0 Å². The lowest BCUT2D eigenvalue weighted by atomic mass is 9.83. The lowest BCUT2D eigenvalue weighted by Crippen LogP contribution is -2.16. The van der Waals surface area contributed by atoms with E-state index in [1.54, 1.807) is 12.3 Å². The van der Waals surface area contributed by atoms with E-state index in [1.807, 2.05) is 0 Å². The van der Waals surface area contributed by atoms with Crippen LogP contribution in [0.15, 0.2) is 12.3 Å². The highest BCUT2D eigenvalue weighted by Gasteiger charge is 2.16. The Balaban J connectivity index is 1.81. The van der Waals surface area contributed by atoms with Gasteiger partial charge in [0, 0.05) is 12.7 Å². The molecule has 0 bridgehead atoms. The Labute approximate surface area is 100.0 Å². The summed E-state index contributed by atoms with van der Waals surface area (Å²) in [6.45, 7) is 0.943. The van der Waals surface area contributed by atoms with Crippen LogP contribution in [0.3, 0.4) is 0 Å². The van der Waals surface area contributed by atoms with E-state index in [0.717, 1.165) is 18.3 Å². The van der Waals surface area contributed by atoms with Gasteiger partial charge in [0.2, 0.25) is 0 Å². The number of nitrogens with one attached hydrogen (secondary N) is 1. The van der Waals surface area contributed by atoms with Gasteiger partial charge in [0.25, 0.3) is 0 Å². The summed E-state index contributed by atoms with van der Waals surface area (Å²) in [5, 5.41) is 4.40. The van der Waals surface area contributed by atoms with Crippen LogP contribution in [0.5, 0.6) is 0 Å². The third kappa shape index (κ3) is 2.99. The molecule has 4 heteroatoms. The third-order valence-electron chi connectivity index (χ3n) is 2.88. The molecule has 2 rings (SSSR count). The molecule has 0 atom stereocenters. The minimum Gasteiger partial charge on any atom is -0.369 e. The van der Waals surface area contributed by atoms with Crippen LogP contribution in [0.2, 0.25) is 10.0 Å². The first-order chi connectivity index (χ1) is 7.25. The molecule has 1 N–H and O–H groups in total. The fourth-order valence-corrected chi connectivity index (χ4v) is 2.17. The summed E-state index contributed by atoms with van der Waals surface area (Å²) in [6.07, 6.45) is 6.97. The Morgan fingerprint density at radius 3 is 2.80 bits per heavy atom. The van der Waals surface area contributed by atoms with Gasteiger partial charge in [-0.15, -0.1) is 0 Å². The number of halogens is 2. The number of anilines is 1. The Kier molecular flexibility index (Phi) is 3.71. The van der Waals surface area contributed by atoms with E-state index in [4.69, 9.17) is 23.2 Å². The molecule has 1 heterocycles. The maximum Gasteiger partial charge on any atom is 0.144 e. The molecule has 1 fully saturated rings. The van der Waals surface area contributed by atoms with Gasteiger partial charge in [-0.2, -0.15) is 0 Å². The molecule has 0 saturated heterocycles. The van der Waals surface area contributed by atoms with Crippen molar-refractivity contribution in [2.45, 2.75) is 25.7 Å². The van der Waals surface area contributed by atoms with Gasteiger partial charge in [-0.05, 0) is 18.4 Å². The van der Waals surface area contributed by atoms with Crippen molar-refractivity contribution in [1.82, 2.24) is 4.98 Å². The first-order valence-electron chi connectivity index (χ1n) is 5.30. The van der Waals surface area contributed by atoms with Gasteiger partial charge in [-0.3, -0.25) is 0 Å². The number of aromatic nitrogens is 1. The van der Waals surface area contributed by atoms with Crippen LogP contribution in [0.4, 0.5) is 5.82 Å². The average Bonchev–Trinajstić information content (AvgIpc) is 2.12. The highest BCUT2D eigenvalue weighted by Crippen LogP contribution is 2.29. The van der Waals surface area contributed by atoms with Gasteiger partial charge in [0.15, 0.2) is 0 Å². The highest BCUT2D eigenvalue weighted by atomic mass is 35.5. The maximum absolute atomic E-state index is 5.98. The summed E-state index contributed by atoms with van der Waals surface area (Å²) in [7, 11) is 0. The second-order valence-corrected chi connectivity index (χ2v) is 4.84. The van der Waals surface area contributed by atoms with Gasteiger partial charge in [-0.25, -0.2) is 4.98 Å². The Bertz CT molecular complexity index is 337. The molecule has 0 unspecified atom stereocenters. The highest BCUT2D eigenvalue weighted by molar-refractivity contribution is 6.35. The third-order valence-corrected chi connectivity index (χ3v) is 3.37. The second kappa shape index (κ2) is 5.04. The van der Waals surface area contributed by atoms with Gasteiger partial charge in [0.1, 0.15) is 5.82 Å². The van der Waals surface area contributed by atoms with E-state index in [9.17, 15) is 0 Å². The molecule has 0 aliphatic heterocycles. The molecule has 15 heavy (non-hydrogen) atoms. The van der Waals surface area contributed by atoms with Crippen LogP contribution >= 0.6 is 23.2 Å². The molecule has 1 aromatic rings. The van der Waals surface area contributed by atoms with Gasteiger partial charge < -0.3 is 5.32 Å². The van der Waals surface area contributed by atoms with Crippen molar-refractivity contribution < 1.29 is 0 Å². The molecule has 0 amide bonds. The molecule has 1 aliphatic rings. The molecular formula is C11H14Cl2N2. The number of nitrogens with zero attached hydrogens (tertiary/aromatic N) is 1. The standard InChI is InChI=1S/C11H14Cl2N2/c12-9-6-10(13)11(15-7-9)14-5-4-8-2-1-3-8/h6-8H,1-5H2,(H,14,15). The predicted octanol–water partition coefficient (Wildman–Crippen LogP) is 3.99. The SMILES string of the molecule is Clc1cnc(NCCC2CCC2)c(Cl)c1. The van der Waals surface area contributed by atoms with Gasteiger partial charge in [0.05, 0.1) is 10.0 Å². The number of pyridine rings is 1. The van der Waals surface area contributed by atoms with E-state index in [1.165, 1.54) is 25.7 Å². The summed E-state index contributed by atoms with van der Waals surface area (Å²) in [5.74, 6) is 1.64. The zero-order valence-corrected chi connectivity index (χ0v) is 9.98. The van der Waals surface area contributed by atoms with Crippen LogP contribution in [0, 0.1) is 5.92 Å². The molecular weight excluding hydrogens is 231 g/mol. The minimum atomic E-state index is 0.574. The molecule has 1 saturated carbocycles.